The van der Waals surface area contributed by atoms with E-state index in [0.717, 1.165) is 26.2 Å². The summed E-state index contributed by atoms with van der Waals surface area (Å²) in [4.78, 5) is 2.49. The van der Waals surface area contributed by atoms with Crippen LogP contribution in [0.4, 0.5) is 0 Å². The molecule has 0 fully saturated rings. The van der Waals surface area contributed by atoms with Crippen LogP contribution >= 0.6 is 0 Å². The first-order chi connectivity index (χ1) is 9.53. The molecule has 1 aromatic rings. The molecule has 0 radical (unpaired) electrons. The van der Waals surface area contributed by atoms with Crippen LogP contribution in [-0.2, 0) is 10.2 Å². The second-order valence-corrected chi connectivity index (χ2v) is 6.01. The predicted octanol–water partition coefficient (Wildman–Crippen LogP) is 2.52. The van der Waals surface area contributed by atoms with Crippen LogP contribution in [0.1, 0.15) is 26.3 Å². The zero-order valence-electron chi connectivity index (χ0n) is 13.6. The summed E-state index contributed by atoms with van der Waals surface area (Å²) in [6.07, 6.45) is 0. The molecule has 0 saturated carbocycles. The Morgan fingerprint density at radius 3 is 2.40 bits per heavy atom. The van der Waals surface area contributed by atoms with Crippen LogP contribution in [-0.4, -0.2) is 51.3 Å². The van der Waals surface area contributed by atoms with Gasteiger partial charge in [0.15, 0.2) is 0 Å². The Morgan fingerprint density at radius 1 is 1.25 bits per heavy atom. The van der Waals surface area contributed by atoms with E-state index in [4.69, 9.17) is 4.74 Å². The fourth-order valence-corrected chi connectivity index (χ4v) is 2.66. The summed E-state index contributed by atoms with van der Waals surface area (Å²) in [5, 5.41) is 3.35. The van der Waals surface area contributed by atoms with Crippen LogP contribution < -0.4 is 5.32 Å². The molecular formula is C17H30N2O. The lowest BCUT2D eigenvalue weighted by molar-refractivity contribution is 0.111. The first kappa shape index (κ1) is 17.2. The van der Waals surface area contributed by atoms with Crippen molar-refractivity contribution < 1.29 is 4.74 Å². The molecule has 20 heavy (non-hydrogen) atoms. The van der Waals surface area contributed by atoms with Gasteiger partial charge in [-0.3, -0.25) is 4.90 Å². The molecule has 1 atom stereocenters. The Morgan fingerprint density at radius 2 is 1.90 bits per heavy atom. The number of likely N-dealkylation sites (N-methyl/N-ethyl adjacent to an activating group) is 1. The highest BCUT2D eigenvalue weighted by atomic mass is 16.5. The molecule has 0 amide bonds. The number of rotatable bonds is 9. The molecule has 0 saturated heterocycles. The van der Waals surface area contributed by atoms with Crippen LogP contribution in [0, 0.1) is 0 Å². The normalized spacial score (nSPS) is 14.8. The third kappa shape index (κ3) is 4.89. The number of hydrogen-bond donors (Lipinski definition) is 1. The van der Waals surface area contributed by atoms with E-state index in [1.54, 1.807) is 7.11 Å². The molecule has 1 rings (SSSR count). The van der Waals surface area contributed by atoms with E-state index in [1.165, 1.54) is 5.56 Å². The molecular weight excluding hydrogens is 248 g/mol. The Labute approximate surface area is 124 Å². The van der Waals surface area contributed by atoms with Gasteiger partial charge in [0.2, 0.25) is 0 Å². The quantitative estimate of drug-likeness (QED) is 0.751. The van der Waals surface area contributed by atoms with Gasteiger partial charge in [-0.05, 0) is 26.5 Å². The molecule has 0 spiro atoms. The van der Waals surface area contributed by atoms with Gasteiger partial charge in [0.25, 0.3) is 0 Å². The summed E-state index contributed by atoms with van der Waals surface area (Å²) >= 11 is 0. The number of hydrogen-bond acceptors (Lipinski definition) is 3. The van der Waals surface area contributed by atoms with E-state index < -0.39 is 0 Å². The second kappa shape index (κ2) is 8.40. The van der Waals surface area contributed by atoms with Gasteiger partial charge in [0, 0.05) is 38.2 Å². The van der Waals surface area contributed by atoms with Crippen molar-refractivity contribution in [1.29, 1.82) is 0 Å². The summed E-state index contributed by atoms with van der Waals surface area (Å²) in [6, 6.07) is 11.3. The minimum absolute atomic E-state index is 0.105. The molecule has 0 aliphatic carbocycles. The first-order valence-corrected chi connectivity index (χ1v) is 7.46. The molecule has 0 bridgehead atoms. The molecule has 1 N–H and O–H groups in total. The van der Waals surface area contributed by atoms with Crippen molar-refractivity contribution >= 4 is 0 Å². The summed E-state index contributed by atoms with van der Waals surface area (Å²) < 4.78 is 5.25. The maximum absolute atomic E-state index is 5.25. The molecule has 0 aliphatic heterocycles. The fourth-order valence-electron chi connectivity index (χ4n) is 2.66. The summed E-state index contributed by atoms with van der Waals surface area (Å²) in [7, 11) is 3.79. The Hall–Kier alpha value is -0.900. The maximum Gasteiger partial charge on any atom is 0.0589 e. The van der Waals surface area contributed by atoms with Crippen molar-refractivity contribution in [3.05, 3.63) is 35.9 Å². The van der Waals surface area contributed by atoms with Gasteiger partial charge in [0.05, 0.1) is 6.61 Å². The van der Waals surface area contributed by atoms with Crippen molar-refractivity contribution in [1.82, 2.24) is 10.2 Å². The smallest absolute Gasteiger partial charge is 0.0589 e. The van der Waals surface area contributed by atoms with Gasteiger partial charge >= 0.3 is 0 Å². The molecule has 0 aromatic heterocycles. The van der Waals surface area contributed by atoms with Gasteiger partial charge in [-0.2, -0.15) is 0 Å². The minimum Gasteiger partial charge on any atom is -0.383 e. The van der Waals surface area contributed by atoms with Gasteiger partial charge < -0.3 is 10.1 Å². The summed E-state index contributed by atoms with van der Waals surface area (Å²) in [5.74, 6) is 0. The highest BCUT2D eigenvalue weighted by molar-refractivity contribution is 5.25. The lowest BCUT2D eigenvalue weighted by Crippen LogP contribution is -2.48. The summed E-state index contributed by atoms with van der Waals surface area (Å²) in [6.45, 7) is 10.6. The number of nitrogens with one attached hydrogen (secondary N) is 1. The maximum atomic E-state index is 5.25. The van der Waals surface area contributed by atoms with Crippen molar-refractivity contribution in [2.24, 2.45) is 0 Å². The van der Waals surface area contributed by atoms with Crippen molar-refractivity contribution in [3.8, 4) is 0 Å². The fraction of sp³-hybridized carbons (Fsp3) is 0.647. The molecule has 0 heterocycles. The Balaban J connectivity index is 2.88. The standard InChI is InChI=1S/C17H30N2O/c1-15(2)19(11-12-20-5)14-17(3,13-18-4)16-9-7-6-8-10-16/h6-10,15,18H,11-14H2,1-5H3. The molecule has 0 aliphatic rings. The second-order valence-electron chi connectivity index (χ2n) is 6.01. The zero-order chi connectivity index (χ0) is 15.0. The average Bonchev–Trinajstić information content (AvgIpc) is 2.44. The largest absolute Gasteiger partial charge is 0.383 e. The third-order valence-corrected chi connectivity index (χ3v) is 3.90. The SMILES string of the molecule is CNCC(C)(CN(CCOC)C(C)C)c1ccccc1. The lowest BCUT2D eigenvalue weighted by Gasteiger charge is -2.38. The van der Waals surface area contributed by atoms with Crippen LogP contribution in [0.5, 0.6) is 0 Å². The van der Waals surface area contributed by atoms with Gasteiger partial charge in [-0.15, -0.1) is 0 Å². The Kier molecular flexibility index (Phi) is 7.20. The highest BCUT2D eigenvalue weighted by Gasteiger charge is 2.29. The Bertz CT molecular complexity index is 367. The minimum atomic E-state index is 0.105. The van der Waals surface area contributed by atoms with Gasteiger partial charge in [0.1, 0.15) is 0 Å². The van der Waals surface area contributed by atoms with Crippen molar-refractivity contribution in [3.63, 3.8) is 0 Å². The highest BCUT2D eigenvalue weighted by Crippen LogP contribution is 2.25. The van der Waals surface area contributed by atoms with Gasteiger partial charge in [-0.1, -0.05) is 37.3 Å². The van der Waals surface area contributed by atoms with Crippen LogP contribution in [0.25, 0.3) is 0 Å². The van der Waals surface area contributed by atoms with E-state index in [1.807, 2.05) is 7.05 Å². The summed E-state index contributed by atoms with van der Waals surface area (Å²) in [5.41, 5.74) is 1.49. The average molecular weight is 278 g/mol. The van der Waals surface area contributed by atoms with E-state index >= 15 is 0 Å². The molecule has 3 nitrogen and oxygen atoms in total. The molecule has 3 heteroatoms. The van der Waals surface area contributed by atoms with E-state index in [-0.39, 0.29) is 5.41 Å². The lowest BCUT2D eigenvalue weighted by atomic mass is 9.81. The monoisotopic (exact) mass is 278 g/mol. The van der Waals surface area contributed by atoms with Gasteiger partial charge in [-0.25, -0.2) is 0 Å². The number of benzene rings is 1. The molecule has 1 aromatic carbocycles. The predicted molar refractivity (Wildman–Crippen MR) is 86.3 cm³/mol. The van der Waals surface area contributed by atoms with Crippen LogP contribution in [0.15, 0.2) is 30.3 Å². The topological polar surface area (TPSA) is 24.5 Å². The molecule has 1 unspecified atom stereocenters. The van der Waals surface area contributed by atoms with E-state index in [9.17, 15) is 0 Å². The van der Waals surface area contributed by atoms with Crippen molar-refractivity contribution in [2.75, 3.05) is 40.4 Å². The number of nitrogens with zero attached hydrogens (tertiary/aromatic N) is 1. The van der Waals surface area contributed by atoms with Crippen molar-refractivity contribution in [2.45, 2.75) is 32.2 Å². The first-order valence-electron chi connectivity index (χ1n) is 7.46. The number of ether oxygens (including phenoxy) is 1. The van der Waals surface area contributed by atoms with Crippen LogP contribution in [0.2, 0.25) is 0 Å². The zero-order valence-corrected chi connectivity index (χ0v) is 13.6. The molecule has 114 valence electrons. The van der Waals surface area contributed by atoms with Crippen LogP contribution in [0.3, 0.4) is 0 Å². The third-order valence-electron chi connectivity index (χ3n) is 3.90. The van der Waals surface area contributed by atoms with E-state index in [2.05, 4.69) is 61.3 Å². The number of methoxy groups -OCH3 is 1. The van der Waals surface area contributed by atoms with E-state index in [0.29, 0.717) is 6.04 Å².